The number of hydrogen-bond acceptors (Lipinski definition) is 5. The molecule has 0 saturated heterocycles. The van der Waals surface area contributed by atoms with Crippen LogP contribution in [0.15, 0.2) is 40.6 Å². The molecular weight excluding hydrogens is 274 g/mol. The Kier molecular flexibility index (Phi) is 5.98. The normalized spacial score (nSPS) is 11.0. The van der Waals surface area contributed by atoms with Gasteiger partial charge in [-0.25, -0.2) is 4.79 Å². The summed E-state index contributed by atoms with van der Waals surface area (Å²) in [7, 11) is 1.51. The van der Waals surface area contributed by atoms with E-state index in [2.05, 4.69) is 10.0 Å². The fourth-order valence-corrected chi connectivity index (χ4v) is 1.55. The van der Waals surface area contributed by atoms with Crippen molar-refractivity contribution in [1.29, 1.82) is 0 Å². The summed E-state index contributed by atoms with van der Waals surface area (Å²) in [4.78, 5) is 26.6. The molecule has 1 aromatic carbocycles. The Bertz CT molecular complexity index is 614. The Morgan fingerprint density at radius 2 is 1.90 bits per heavy atom. The van der Waals surface area contributed by atoms with Crippen molar-refractivity contribution in [2.75, 3.05) is 13.7 Å². The molecule has 0 fully saturated rings. The first-order chi connectivity index (χ1) is 10.0. The van der Waals surface area contributed by atoms with E-state index in [9.17, 15) is 9.59 Å². The van der Waals surface area contributed by atoms with E-state index in [1.807, 2.05) is 0 Å². The van der Waals surface area contributed by atoms with Crippen LogP contribution >= 0.6 is 0 Å². The van der Waals surface area contributed by atoms with Crippen LogP contribution in [0.2, 0.25) is 0 Å². The van der Waals surface area contributed by atoms with Gasteiger partial charge in [0.25, 0.3) is 0 Å². The van der Waals surface area contributed by atoms with Crippen molar-refractivity contribution in [2.24, 2.45) is 5.11 Å². The van der Waals surface area contributed by atoms with Gasteiger partial charge in [0, 0.05) is 16.0 Å². The summed E-state index contributed by atoms with van der Waals surface area (Å²) in [6.07, 6.45) is 0. The fourth-order valence-electron chi connectivity index (χ4n) is 1.55. The smallest absolute Gasteiger partial charge is 0.334 e. The summed E-state index contributed by atoms with van der Waals surface area (Å²) in [5.41, 5.74) is 8.55. The zero-order chi connectivity index (χ0) is 15.8. The van der Waals surface area contributed by atoms with E-state index in [0.717, 1.165) is 0 Å². The lowest BCUT2D eigenvalue weighted by atomic mass is 10.1. The van der Waals surface area contributed by atoms with Gasteiger partial charge < -0.3 is 9.47 Å². The number of benzene rings is 1. The third-order valence-corrected chi connectivity index (χ3v) is 2.65. The Hall–Kier alpha value is -2.79. The van der Waals surface area contributed by atoms with E-state index >= 15 is 0 Å². The summed E-state index contributed by atoms with van der Waals surface area (Å²) in [5.74, 6) is -0.661. The Morgan fingerprint density at radius 3 is 2.38 bits per heavy atom. The molecule has 0 spiro atoms. The standard InChI is InChI=1S/C14H15N3O4/c1-4-21-14(19)9(2)12(16-17-15)13(18)10-5-7-11(20-3)8-6-10/h5-8H,4H2,1-3H3/b12-9-. The zero-order valence-electron chi connectivity index (χ0n) is 12.0. The fraction of sp³-hybridized carbons (Fsp3) is 0.286. The number of nitrogens with zero attached hydrogens (tertiary/aromatic N) is 3. The lowest BCUT2D eigenvalue weighted by Gasteiger charge is -2.07. The van der Waals surface area contributed by atoms with E-state index in [1.54, 1.807) is 19.1 Å². The highest BCUT2D eigenvalue weighted by Gasteiger charge is 2.19. The molecule has 7 nitrogen and oxygen atoms in total. The van der Waals surface area contributed by atoms with Crippen molar-refractivity contribution in [3.8, 4) is 5.75 Å². The monoisotopic (exact) mass is 289 g/mol. The third kappa shape index (κ3) is 4.09. The predicted octanol–water partition coefficient (Wildman–Crippen LogP) is 3.03. The molecule has 0 aromatic heterocycles. The van der Waals surface area contributed by atoms with E-state index < -0.39 is 11.8 Å². The van der Waals surface area contributed by atoms with Gasteiger partial charge in [0.15, 0.2) is 5.78 Å². The topological polar surface area (TPSA) is 101 Å². The molecule has 1 aromatic rings. The number of ether oxygens (including phenoxy) is 2. The van der Waals surface area contributed by atoms with Gasteiger partial charge in [-0.15, -0.1) is 0 Å². The minimum Gasteiger partial charge on any atom is -0.497 e. The van der Waals surface area contributed by atoms with E-state index in [0.29, 0.717) is 5.75 Å². The number of allylic oxidation sites excluding steroid dienone is 1. The predicted molar refractivity (Wildman–Crippen MR) is 75.8 cm³/mol. The van der Waals surface area contributed by atoms with Gasteiger partial charge in [0.1, 0.15) is 5.75 Å². The van der Waals surface area contributed by atoms with Gasteiger partial charge >= 0.3 is 5.97 Å². The van der Waals surface area contributed by atoms with Gasteiger partial charge in [0.05, 0.1) is 19.4 Å². The number of esters is 1. The maximum atomic E-state index is 12.3. The van der Waals surface area contributed by atoms with Gasteiger partial charge in [-0.2, -0.15) is 0 Å². The molecule has 7 heteroatoms. The number of carbonyl (C=O) groups is 2. The van der Waals surface area contributed by atoms with E-state index in [-0.39, 0.29) is 23.4 Å². The van der Waals surface area contributed by atoms with Crippen LogP contribution in [0.1, 0.15) is 24.2 Å². The van der Waals surface area contributed by atoms with Crippen molar-refractivity contribution < 1.29 is 19.1 Å². The molecule has 21 heavy (non-hydrogen) atoms. The second kappa shape index (κ2) is 7.72. The lowest BCUT2D eigenvalue weighted by molar-refractivity contribution is -0.138. The largest absolute Gasteiger partial charge is 0.497 e. The molecule has 0 saturated carbocycles. The summed E-state index contributed by atoms with van der Waals surface area (Å²) < 4.78 is 9.80. The zero-order valence-corrected chi connectivity index (χ0v) is 12.0. The molecule has 0 heterocycles. The third-order valence-electron chi connectivity index (χ3n) is 2.65. The average Bonchev–Trinajstić information content (AvgIpc) is 2.51. The number of methoxy groups -OCH3 is 1. The van der Waals surface area contributed by atoms with Crippen LogP contribution in [0.4, 0.5) is 0 Å². The summed E-state index contributed by atoms with van der Waals surface area (Å²) >= 11 is 0. The maximum Gasteiger partial charge on any atom is 0.334 e. The van der Waals surface area contributed by atoms with Crippen molar-refractivity contribution in [1.82, 2.24) is 0 Å². The SMILES string of the molecule is CCOC(=O)/C(C)=C(\N=[N+]=[N-])C(=O)c1ccc(OC)cc1. The van der Waals surface area contributed by atoms with E-state index in [1.165, 1.54) is 26.2 Å². The van der Waals surface area contributed by atoms with Crippen molar-refractivity contribution in [2.45, 2.75) is 13.8 Å². The average molecular weight is 289 g/mol. The van der Waals surface area contributed by atoms with Crippen LogP contribution in [0.25, 0.3) is 10.4 Å². The quantitative estimate of drug-likeness (QED) is 0.200. The first kappa shape index (κ1) is 16.3. The maximum absolute atomic E-state index is 12.3. The first-order valence-corrected chi connectivity index (χ1v) is 6.17. The van der Waals surface area contributed by atoms with Crippen LogP contribution in [0.5, 0.6) is 5.75 Å². The van der Waals surface area contributed by atoms with Crippen LogP contribution in [0, 0.1) is 0 Å². The molecule has 0 aliphatic carbocycles. The molecule has 0 N–H and O–H groups in total. The highest BCUT2D eigenvalue weighted by atomic mass is 16.5. The highest BCUT2D eigenvalue weighted by Crippen LogP contribution is 2.18. The minimum absolute atomic E-state index is 0.0320. The van der Waals surface area contributed by atoms with Crippen molar-refractivity contribution in [3.63, 3.8) is 0 Å². The van der Waals surface area contributed by atoms with Crippen LogP contribution in [-0.4, -0.2) is 25.5 Å². The molecule has 0 amide bonds. The van der Waals surface area contributed by atoms with E-state index in [4.69, 9.17) is 15.0 Å². The van der Waals surface area contributed by atoms with Gasteiger partial charge in [-0.1, -0.05) is 5.11 Å². The second-order valence-electron chi connectivity index (χ2n) is 3.94. The molecule has 0 bridgehead atoms. The number of rotatable bonds is 6. The lowest BCUT2D eigenvalue weighted by Crippen LogP contribution is -2.12. The number of carbonyl (C=O) groups excluding carboxylic acids is 2. The van der Waals surface area contributed by atoms with Crippen molar-refractivity contribution in [3.05, 3.63) is 51.5 Å². The molecule has 1 rings (SSSR count). The molecule has 0 radical (unpaired) electrons. The molecule has 0 aliphatic heterocycles. The first-order valence-electron chi connectivity index (χ1n) is 6.17. The summed E-state index contributed by atoms with van der Waals surface area (Å²) in [6, 6.07) is 6.24. The molecule has 0 atom stereocenters. The minimum atomic E-state index is -0.693. The summed E-state index contributed by atoms with van der Waals surface area (Å²) in [6.45, 7) is 3.18. The van der Waals surface area contributed by atoms with Gasteiger partial charge in [0.2, 0.25) is 0 Å². The van der Waals surface area contributed by atoms with Crippen LogP contribution < -0.4 is 4.74 Å². The van der Waals surface area contributed by atoms with Gasteiger partial charge in [-0.3, -0.25) is 4.79 Å². The molecular formula is C14H15N3O4. The highest BCUT2D eigenvalue weighted by molar-refractivity contribution is 6.12. The number of ketones is 1. The summed E-state index contributed by atoms with van der Waals surface area (Å²) in [5, 5.41) is 3.32. The molecule has 110 valence electrons. The Morgan fingerprint density at radius 1 is 1.29 bits per heavy atom. The van der Waals surface area contributed by atoms with Crippen LogP contribution in [-0.2, 0) is 9.53 Å². The second-order valence-corrected chi connectivity index (χ2v) is 3.94. The molecule has 0 aliphatic rings. The van der Waals surface area contributed by atoms with Crippen LogP contribution in [0.3, 0.4) is 0 Å². The Labute approximate surface area is 121 Å². The molecule has 0 unspecified atom stereocenters. The van der Waals surface area contributed by atoms with Gasteiger partial charge in [-0.05, 0) is 43.6 Å². The van der Waals surface area contributed by atoms with Crippen molar-refractivity contribution >= 4 is 11.8 Å². The number of azide groups is 1. The number of Topliss-reactive ketones (excluding diaryl/α,β-unsaturated/α-hetero) is 1. The Balaban J connectivity index is 3.20. The number of hydrogen-bond donors (Lipinski definition) is 0.